The van der Waals surface area contributed by atoms with Gasteiger partial charge in [0.1, 0.15) is 41.3 Å². The van der Waals surface area contributed by atoms with E-state index < -0.39 is 35.5 Å². The summed E-state index contributed by atoms with van der Waals surface area (Å²) >= 11 is 6.10. The van der Waals surface area contributed by atoms with E-state index in [0.29, 0.717) is 16.3 Å². The second-order valence-corrected chi connectivity index (χ2v) is 7.88. The van der Waals surface area contributed by atoms with Crippen molar-refractivity contribution in [2.45, 2.75) is 19.6 Å². The first kappa shape index (κ1) is 23.5. The van der Waals surface area contributed by atoms with Gasteiger partial charge in [-0.15, -0.1) is 0 Å². The zero-order valence-corrected chi connectivity index (χ0v) is 18.3. The molecule has 9 heteroatoms. The predicted molar refractivity (Wildman–Crippen MR) is 118 cm³/mol. The molecule has 0 aliphatic heterocycles. The summed E-state index contributed by atoms with van der Waals surface area (Å²) in [5, 5.41) is 4.58. The highest BCUT2D eigenvalue weighted by molar-refractivity contribution is 6.30. The molecule has 1 heterocycles. The molecular formula is C25H17ClF4N2O2. The Hall–Kier alpha value is -3.65. The number of halogens is 5. The largest absolute Gasteiger partial charge is 0.488 e. The van der Waals surface area contributed by atoms with Gasteiger partial charge in [0, 0.05) is 28.8 Å². The van der Waals surface area contributed by atoms with Gasteiger partial charge in [0.25, 0.3) is 0 Å². The van der Waals surface area contributed by atoms with E-state index in [0.717, 1.165) is 24.3 Å². The monoisotopic (exact) mass is 488 g/mol. The minimum atomic E-state index is -0.806. The molecule has 174 valence electrons. The van der Waals surface area contributed by atoms with Crippen LogP contribution in [0.15, 0.2) is 66.9 Å². The first-order valence-electron chi connectivity index (χ1n) is 10.2. The number of ether oxygens (including phenoxy) is 1. The number of carbonyl (C=O) groups excluding carboxylic acids is 1. The molecule has 4 rings (SSSR count). The Labute approximate surface area is 197 Å². The fourth-order valence-electron chi connectivity index (χ4n) is 3.36. The minimum Gasteiger partial charge on any atom is -0.488 e. The van der Waals surface area contributed by atoms with Gasteiger partial charge in [-0.1, -0.05) is 23.7 Å². The molecule has 0 saturated carbocycles. The summed E-state index contributed by atoms with van der Waals surface area (Å²) in [5.41, 5.74) is 0.0378. The number of nitrogens with zero attached hydrogens (tertiary/aromatic N) is 2. The van der Waals surface area contributed by atoms with Crippen molar-refractivity contribution in [3.8, 4) is 5.75 Å². The number of carbonyl (C=O) groups is 1. The van der Waals surface area contributed by atoms with Crippen molar-refractivity contribution < 1.29 is 27.1 Å². The molecule has 0 unspecified atom stereocenters. The lowest BCUT2D eigenvalue weighted by molar-refractivity contribution is 0.0985. The average molecular weight is 489 g/mol. The number of ketones is 1. The molecule has 4 nitrogen and oxygen atoms in total. The number of hydrogen-bond donors (Lipinski definition) is 0. The molecule has 0 atom stereocenters. The lowest BCUT2D eigenvalue weighted by Crippen LogP contribution is -2.10. The number of benzene rings is 3. The van der Waals surface area contributed by atoms with Crippen LogP contribution in [0, 0.1) is 23.3 Å². The Morgan fingerprint density at radius 1 is 0.882 bits per heavy atom. The highest BCUT2D eigenvalue weighted by atomic mass is 35.5. The van der Waals surface area contributed by atoms with E-state index in [4.69, 9.17) is 16.3 Å². The van der Waals surface area contributed by atoms with Crippen LogP contribution in [-0.4, -0.2) is 15.6 Å². The summed E-state index contributed by atoms with van der Waals surface area (Å²) in [7, 11) is 0. The minimum absolute atomic E-state index is 0.0283. The Bertz CT molecular complexity index is 1320. The van der Waals surface area contributed by atoms with Gasteiger partial charge < -0.3 is 4.74 Å². The van der Waals surface area contributed by atoms with E-state index in [1.807, 2.05) is 0 Å². The molecule has 0 amide bonds. The SMILES string of the molecule is O=C(Cc1c(F)cccc1F)c1ccn(Cc2cc(Cl)ccc2OCc2c(F)cccc2F)n1. The molecule has 0 radical (unpaired) electrons. The van der Waals surface area contributed by atoms with E-state index in [9.17, 15) is 22.4 Å². The van der Waals surface area contributed by atoms with Gasteiger partial charge in [0.15, 0.2) is 5.78 Å². The highest BCUT2D eigenvalue weighted by Crippen LogP contribution is 2.26. The van der Waals surface area contributed by atoms with Gasteiger partial charge in [0.05, 0.1) is 12.1 Å². The summed E-state index contributed by atoms with van der Waals surface area (Å²) in [6.07, 6.45) is 1.04. The van der Waals surface area contributed by atoms with Crippen LogP contribution in [0.3, 0.4) is 0 Å². The topological polar surface area (TPSA) is 44.1 Å². The van der Waals surface area contributed by atoms with Crippen LogP contribution < -0.4 is 4.74 Å². The zero-order chi connectivity index (χ0) is 24.2. The fourth-order valence-corrected chi connectivity index (χ4v) is 3.55. The van der Waals surface area contributed by atoms with Gasteiger partial charge in [-0.25, -0.2) is 17.6 Å². The van der Waals surface area contributed by atoms with Crippen LogP contribution in [0.2, 0.25) is 5.02 Å². The second-order valence-electron chi connectivity index (χ2n) is 7.44. The Morgan fingerprint density at radius 2 is 1.50 bits per heavy atom. The van der Waals surface area contributed by atoms with E-state index in [1.54, 1.807) is 18.2 Å². The number of Topliss-reactive ketones (excluding diaryl/α,β-unsaturated/α-hetero) is 1. The van der Waals surface area contributed by atoms with E-state index in [1.165, 1.54) is 29.1 Å². The third-order valence-corrected chi connectivity index (χ3v) is 5.35. The van der Waals surface area contributed by atoms with Gasteiger partial charge in [-0.2, -0.15) is 5.10 Å². The van der Waals surface area contributed by atoms with E-state index >= 15 is 0 Å². The maximum Gasteiger partial charge on any atom is 0.187 e. The fraction of sp³-hybridized carbons (Fsp3) is 0.120. The standard InChI is InChI=1S/C25H17ClF4N2O2/c26-16-7-8-25(34-14-18-21(29)5-2-6-22(18)30)15(11-16)13-32-10-9-23(31-32)24(33)12-17-19(27)3-1-4-20(17)28/h1-11H,12-14H2. The van der Waals surface area contributed by atoms with Gasteiger partial charge in [-0.3, -0.25) is 9.48 Å². The normalized spacial score (nSPS) is 11.0. The number of aromatic nitrogens is 2. The second kappa shape index (κ2) is 10.1. The zero-order valence-electron chi connectivity index (χ0n) is 17.6. The van der Waals surface area contributed by atoms with Crippen molar-refractivity contribution in [3.63, 3.8) is 0 Å². The van der Waals surface area contributed by atoms with Gasteiger partial charge in [-0.05, 0) is 48.5 Å². The molecule has 4 aromatic rings. The molecule has 0 saturated heterocycles. The maximum absolute atomic E-state index is 13.9. The predicted octanol–water partition coefficient (Wildman–Crippen LogP) is 6.15. The molecule has 0 bridgehead atoms. The summed E-state index contributed by atoms with van der Waals surface area (Å²) in [6, 6.07) is 13.1. The summed E-state index contributed by atoms with van der Waals surface area (Å²) < 4.78 is 62.6. The quantitative estimate of drug-likeness (QED) is 0.221. The summed E-state index contributed by atoms with van der Waals surface area (Å²) in [6.45, 7) is -0.221. The van der Waals surface area contributed by atoms with Crippen LogP contribution in [0.1, 0.15) is 27.2 Å². The number of hydrogen-bond acceptors (Lipinski definition) is 3. The molecule has 0 aliphatic rings. The molecule has 34 heavy (non-hydrogen) atoms. The maximum atomic E-state index is 13.9. The first-order valence-corrected chi connectivity index (χ1v) is 10.5. The number of rotatable bonds is 8. The Morgan fingerprint density at radius 3 is 2.15 bits per heavy atom. The molecule has 0 N–H and O–H groups in total. The summed E-state index contributed by atoms with van der Waals surface area (Å²) in [4.78, 5) is 12.5. The lowest BCUT2D eigenvalue weighted by Gasteiger charge is -2.13. The Balaban J connectivity index is 1.50. The van der Waals surface area contributed by atoms with Crippen molar-refractivity contribution in [1.82, 2.24) is 9.78 Å². The molecule has 0 aliphatic carbocycles. The first-order chi connectivity index (χ1) is 16.3. The van der Waals surface area contributed by atoms with Crippen LogP contribution in [0.4, 0.5) is 17.6 Å². The van der Waals surface area contributed by atoms with E-state index in [2.05, 4.69) is 5.10 Å². The highest BCUT2D eigenvalue weighted by Gasteiger charge is 2.17. The van der Waals surface area contributed by atoms with Crippen molar-refractivity contribution in [3.05, 3.63) is 118 Å². The van der Waals surface area contributed by atoms with Gasteiger partial charge in [0.2, 0.25) is 0 Å². The van der Waals surface area contributed by atoms with E-state index in [-0.39, 0.29) is 30.0 Å². The lowest BCUT2D eigenvalue weighted by atomic mass is 10.1. The van der Waals surface area contributed by atoms with Gasteiger partial charge >= 0.3 is 0 Å². The third kappa shape index (κ3) is 5.28. The molecule has 3 aromatic carbocycles. The molecule has 1 aromatic heterocycles. The van der Waals surface area contributed by atoms with Crippen LogP contribution in [0.25, 0.3) is 0 Å². The van der Waals surface area contributed by atoms with Crippen LogP contribution in [-0.2, 0) is 19.6 Å². The molecular weight excluding hydrogens is 472 g/mol. The average Bonchev–Trinajstić information content (AvgIpc) is 3.26. The Kier molecular flexibility index (Phi) is 6.98. The third-order valence-electron chi connectivity index (χ3n) is 5.11. The molecule has 0 fully saturated rings. The van der Waals surface area contributed by atoms with Crippen molar-refractivity contribution in [1.29, 1.82) is 0 Å². The van der Waals surface area contributed by atoms with Crippen molar-refractivity contribution in [2.24, 2.45) is 0 Å². The summed E-state index contributed by atoms with van der Waals surface area (Å²) in [5.74, 6) is -3.29. The molecule has 0 spiro atoms. The van der Waals surface area contributed by atoms with Crippen molar-refractivity contribution in [2.75, 3.05) is 0 Å². The van der Waals surface area contributed by atoms with Crippen LogP contribution in [0.5, 0.6) is 5.75 Å². The van der Waals surface area contributed by atoms with Crippen molar-refractivity contribution >= 4 is 17.4 Å². The smallest absolute Gasteiger partial charge is 0.187 e. The van der Waals surface area contributed by atoms with Crippen LogP contribution >= 0.6 is 11.6 Å².